The van der Waals surface area contributed by atoms with Crippen molar-refractivity contribution in [2.45, 2.75) is 5.41 Å². The van der Waals surface area contributed by atoms with Gasteiger partial charge in [-0.2, -0.15) is 0 Å². The molecule has 1 aliphatic carbocycles. The molecular weight excluding hydrogens is 691 g/mol. The Morgan fingerprint density at radius 1 is 0.474 bits per heavy atom. The van der Waals surface area contributed by atoms with Crippen LogP contribution in [-0.4, -0.2) is 11.3 Å². The normalized spacial score (nSPS) is 14.7. The monoisotopic (exact) mass is 720 g/mol. The standard InChI is InChI=1S/C53H29BN2O/c1-2-14-31-28-45-37(27-30(31)13-1)35-18-11-19-36-48-49-46(29-38-34-17-5-10-26-47(34)57-52(38)48)55-44-25-9-8-22-41(44)53(39-20-6-3-15-32(39)33-16-4-7-21-40(33)53)42-23-12-24-43(51(42)55)54(49)56(45)50(35)36/h1-29H. The van der Waals surface area contributed by atoms with Crippen molar-refractivity contribution in [3.05, 3.63) is 198 Å². The fourth-order valence-corrected chi connectivity index (χ4v) is 11.9. The lowest BCUT2D eigenvalue weighted by Gasteiger charge is -2.49. The zero-order valence-corrected chi connectivity index (χ0v) is 30.6. The van der Waals surface area contributed by atoms with Gasteiger partial charge in [0.1, 0.15) is 11.2 Å². The molecule has 5 heterocycles. The molecule has 0 unspecified atom stereocenters. The zero-order valence-electron chi connectivity index (χ0n) is 30.6. The highest BCUT2D eigenvalue weighted by atomic mass is 16.3. The van der Waals surface area contributed by atoms with Crippen molar-refractivity contribution in [2.75, 3.05) is 4.90 Å². The van der Waals surface area contributed by atoms with E-state index >= 15 is 0 Å². The number of nitrogens with zero attached hydrogens (tertiary/aromatic N) is 2. The van der Waals surface area contributed by atoms with E-state index in [0.717, 1.165) is 21.9 Å². The van der Waals surface area contributed by atoms with Gasteiger partial charge in [0.05, 0.1) is 11.1 Å². The number of anilines is 3. The van der Waals surface area contributed by atoms with Gasteiger partial charge in [-0.25, -0.2) is 0 Å². The molecule has 4 heteroatoms. The number of hydrogen-bond acceptors (Lipinski definition) is 2. The molecule has 0 saturated heterocycles. The van der Waals surface area contributed by atoms with E-state index in [1.807, 2.05) is 0 Å². The topological polar surface area (TPSA) is 21.3 Å². The van der Waals surface area contributed by atoms with E-state index in [9.17, 15) is 0 Å². The second kappa shape index (κ2) is 9.73. The minimum absolute atomic E-state index is 0.0934. The molecular formula is C53H29BN2O. The van der Waals surface area contributed by atoms with Crippen molar-refractivity contribution in [2.24, 2.45) is 0 Å². The Labute approximate surface area is 327 Å². The molecule has 0 bridgehead atoms. The molecule has 4 aliphatic rings. The maximum absolute atomic E-state index is 7.00. The fraction of sp³-hybridized carbons (Fsp3) is 0.0189. The van der Waals surface area contributed by atoms with Gasteiger partial charge in [-0.05, 0) is 85.4 Å². The molecule has 11 aromatic rings. The minimum atomic E-state index is -0.491. The molecule has 15 rings (SSSR count). The van der Waals surface area contributed by atoms with Gasteiger partial charge in [0.25, 0.3) is 0 Å². The fourth-order valence-electron chi connectivity index (χ4n) is 11.9. The van der Waals surface area contributed by atoms with Crippen LogP contribution >= 0.6 is 0 Å². The summed E-state index contributed by atoms with van der Waals surface area (Å²) in [5, 5.41) is 7.38. The molecule has 0 saturated carbocycles. The molecule has 2 aromatic heterocycles. The lowest BCUT2D eigenvalue weighted by atomic mass is 9.44. The number of hydrogen-bond donors (Lipinski definition) is 0. The number of benzene rings is 9. The first kappa shape index (κ1) is 29.1. The Balaban J connectivity index is 1.18. The summed E-state index contributed by atoms with van der Waals surface area (Å²) in [7, 11) is 0. The van der Waals surface area contributed by atoms with Crippen molar-refractivity contribution in [1.29, 1.82) is 0 Å². The smallest absolute Gasteiger partial charge is 0.333 e. The lowest BCUT2D eigenvalue weighted by molar-refractivity contribution is 0.670. The number of furan rings is 1. The van der Waals surface area contributed by atoms with E-state index in [1.54, 1.807) is 0 Å². The summed E-state index contributed by atoms with van der Waals surface area (Å²) in [6, 6.07) is 66.1. The van der Waals surface area contributed by atoms with Gasteiger partial charge in [0, 0.05) is 55.1 Å². The first-order valence-corrected chi connectivity index (χ1v) is 20.0. The average Bonchev–Trinajstić information content (AvgIpc) is 3.90. The van der Waals surface area contributed by atoms with Crippen molar-refractivity contribution in [3.8, 4) is 22.3 Å². The second-order valence-corrected chi connectivity index (χ2v) is 16.3. The van der Waals surface area contributed by atoms with E-state index in [2.05, 4.69) is 185 Å². The molecule has 0 atom stereocenters. The summed E-state index contributed by atoms with van der Waals surface area (Å²) in [5.41, 5.74) is 20.7. The predicted octanol–water partition coefficient (Wildman–Crippen LogP) is 11.9. The molecule has 260 valence electrons. The molecule has 1 spiro atoms. The van der Waals surface area contributed by atoms with Crippen LogP contribution in [0.1, 0.15) is 22.3 Å². The van der Waals surface area contributed by atoms with Crippen LogP contribution in [0.4, 0.5) is 17.1 Å². The van der Waals surface area contributed by atoms with Crippen molar-refractivity contribution >= 4 is 89.4 Å². The Hall–Kier alpha value is -7.30. The average molecular weight is 721 g/mol. The van der Waals surface area contributed by atoms with Crippen LogP contribution in [-0.2, 0) is 5.41 Å². The van der Waals surface area contributed by atoms with Gasteiger partial charge in [0.2, 0.25) is 0 Å². The van der Waals surface area contributed by atoms with E-state index < -0.39 is 5.41 Å². The molecule has 9 aromatic carbocycles. The quantitative estimate of drug-likeness (QED) is 0.146. The first-order chi connectivity index (χ1) is 28.3. The van der Waals surface area contributed by atoms with Crippen molar-refractivity contribution in [3.63, 3.8) is 0 Å². The Morgan fingerprint density at radius 2 is 1.12 bits per heavy atom. The molecule has 0 radical (unpaired) electrons. The molecule has 57 heavy (non-hydrogen) atoms. The highest BCUT2D eigenvalue weighted by Gasteiger charge is 2.55. The third-order valence-electron chi connectivity index (χ3n) is 13.9. The Morgan fingerprint density at radius 3 is 1.96 bits per heavy atom. The molecule has 0 amide bonds. The van der Waals surface area contributed by atoms with Gasteiger partial charge < -0.3 is 13.8 Å². The predicted molar refractivity (Wildman–Crippen MR) is 236 cm³/mol. The SMILES string of the molecule is c1ccc2c(c1)-c1ccccc1C21c2ccccc2N2c3cc4c(oc5ccccc54)c4c3B(c3cccc1c32)n1c2cc3ccccc3cc2c2cccc-4c21. The number of para-hydroxylation sites is 4. The van der Waals surface area contributed by atoms with Gasteiger partial charge in [0.15, 0.2) is 0 Å². The largest absolute Gasteiger partial charge is 0.455 e. The van der Waals surface area contributed by atoms with Crippen molar-refractivity contribution in [1.82, 2.24) is 4.48 Å². The van der Waals surface area contributed by atoms with Gasteiger partial charge >= 0.3 is 6.85 Å². The number of aromatic nitrogens is 1. The van der Waals surface area contributed by atoms with Crippen LogP contribution in [0.15, 0.2) is 180 Å². The Bertz CT molecular complexity index is 3640. The highest BCUT2D eigenvalue weighted by Crippen LogP contribution is 2.64. The summed E-state index contributed by atoms with van der Waals surface area (Å²) in [5.74, 6) is 0. The minimum Gasteiger partial charge on any atom is -0.455 e. The van der Waals surface area contributed by atoms with E-state index in [-0.39, 0.29) is 6.85 Å². The number of rotatable bonds is 0. The van der Waals surface area contributed by atoms with E-state index in [1.165, 1.54) is 105 Å². The summed E-state index contributed by atoms with van der Waals surface area (Å²) >= 11 is 0. The maximum atomic E-state index is 7.00. The Kier molecular flexibility index (Phi) is 4.96. The summed E-state index contributed by atoms with van der Waals surface area (Å²) < 4.78 is 9.68. The highest BCUT2D eigenvalue weighted by molar-refractivity contribution is 6.90. The third kappa shape index (κ3) is 3.15. The number of fused-ring (bicyclic) bond motifs is 21. The third-order valence-corrected chi connectivity index (χ3v) is 13.9. The van der Waals surface area contributed by atoms with Gasteiger partial charge in [-0.1, -0.05) is 146 Å². The molecule has 3 aliphatic heterocycles. The summed E-state index contributed by atoms with van der Waals surface area (Å²) in [6.07, 6.45) is 0. The molecule has 0 N–H and O–H groups in total. The van der Waals surface area contributed by atoms with Crippen LogP contribution < -0.4 is 15.8 Å². The van der Waals surface area contributed by atoms with Crippen molar-refractivity contribution < 1.29 is 4.42 Å². The molecule has 3 nitrogen and oxygen atoms in total. The van der Waals surface area contributed by atoms with Gasteiger partial charge in [-0.3, -0.25) is 0 Å². The summed E-state index contributed by atoms with van der Waals surface area (Å²) in [4.78, 5) is 2.62. The first-order valence-electron chi connectivity index (χ1n) is 20.0. The van der Waals surface area contributed by atoms with Crippen LogP contribution in [0.5, 0.6) is 0 Å². The second-order valence-electron chi connectivity index (χ2n) is 16.3. The van der Waals surface area contributed by atoms with Crippen LogP contribution in [0.2, 0.25) is 0 Å². The van der Waals surface area contributed by atoms with Crippen LogP contribution in [0.25, 0.3) is 76.8 Å². The van der Waals surface area contributed by atoms with Crippen LogP contribution in [0, 0.1) is 0 Å². The lowest BCUT2D eigenvalue weighted by Crippen LogP contribution is -2.58. The van der Waals surface area contributed by atoms with E-state index in [0.29, 0.717) is 0 Å². The van der Waals surface area contributed by atoms with Crippen LogP contribution in [0.3, 0.4) is 0 Å². The van der Waals surface area contributed by atoms with E-state index in [4.69, 9.17) is 4.42 Å². The molecule has 0 fully saturated rings. The zero-order chi connectivity index (χ0) is 36.7. The maximum Gasteiger partial charge on any atom is 0.333 e. The van der Waals surface area contributed by atoms with Gasteiger partial charge in [-0.15, -0.1) is 0 Å². The summed E-state index contributed by atoms with van der Waals surface area (Å²) in [6.45, 7) is -0.0934.